The van der Waals surface area contributed by atoms with Gasteiger partial charge in [-0.15, -0.1) is 0 Å². The molecule has 0 saturated heterocycles. The molecule has 1 aromatic heterocycles. The topological polar surface area (TPSA) is 101 Å². The molecule has 0 unspecified atom stereocenters. The van der Waals surface area contributed by atoms with E-state index in [1.165, 1.54) is 17.7 Å². The number of fused-ring (bicyclic) bond motifs is 1. The molecule has 0 aliphatic carbocycles. The van der Waals surface area contributed by atoms with Gasteiger partial charge in [0.05, 0.1) is 5.39 Å². The Balaban J connectivity index is 1.67. The van der Waals surface area contributed by atoms with Crippen molar-refractivity contribution in [2.75, 3.05) is 6.54 Å². The highest BCUT2D eigenvalue weighted by Gasteiger charge is 2.16. The minimum absolute atomic E-state index is 0.220. The molecule has 3 aromatic rings. The van der Waals surface area contributed by atoms with Gasteiger partial charge in [0.2, 0.25) is 5.91 Å². The predicted molar refractivity (Wildman–Crippen MR) is 110 cm³/mol. The largest absolute Gasteiger partial charge is 0.476 e. The summed E-state index contributed by atoms with van der Waals surface area (Å²) in [6.07, 6.45) is 0.657. The predicted octanol–water partition coefficient (Wildman–Crippen LogP) is 2.58. The number of rotatable bonds is 7. The number of amides is 1. The second kappa shape index (κ2) is 8.68. The maximum absolute atomic E-state index is 12.5. The molecule has 0 fully saturated rings. The van der Waals surface area contributed by atoms with Crippen molar-refractivity contribution >= 4 is 22.6 Å². The molecule has 2 N–H and O–H groups in total. The van der Waals surface area contributed by atoms with Crippen molar-refractivity contribution in [1.82, 2.24) is 15.1 Å². The third-order valence-corrected chi connectivity index (χ3v) is 4.75. The van der Waals surface area contributed by atoms with E-state index in [1.54, 1.807) is 12.1 Å². The second-order valence-electron chi connectivity index (χ2n) is 7.16. The summed E-state index contributed by atoms with van der Waals surface area (Å²) >= 11 is 0. The van der Waals surface area contributed by atoms with Crippen molar-refractivity contribution in [1.29, 1.82) is 0 Å². The minimum atomic E-state index is -1.25. The lowest BCUT2D eigenvalue weighted by atomic mass is 10.0. The molecular formula is C22H23N3O4. The van der Waals surface area contributed by atoms with Gasteiger partial charge in [-0.3, -0.25) is 9.59 Å². The monoisotopic (exact) mass is 393 g/mol. The molecule has 150 valence electrons. The molecule has 1 heterocycles. The van der Waals surface area contributed by atoms with E-state index in [-0.39, 0.29) is 23.0 Å². The van der Waals surface area contributed by atoms with Crippen LogP contribution in [0.3, 0.4) is 0 Å². The van der Waals surface area contributed by atoms with E-state index in [9.17, 15) is 19.5 Å². The van der Waals surface area contributed by atoms with Crippen molar-refractivity contribution in [2.24, 2.45) is 0 Å². The molecule has 0 aliphatic rings. The number of hydrogen-bond donors (Lipinski definition) is 2. The van der Waals surface area contributed by atoms with Crippen molar-refractivity contribution < 1.29 is 14.7 Å². The van der Waals surface area contributed by atoms with Gasteiger partial charge in [0.1, 0.15) is 6.54 Å². The quantitative estimate of drug-likeness (QED) is 0.642. The first-order valence-electron chi connectivity index (χ1n) is 9.45. The van der Waals surface area contributed by atoms with Crippen molar-refractivity contribution in [3.8, 4) is 0 Å². The Morgan fingerprint density at radius 2 is 1.72 bits per heavy atom. The number of hydrogen-bond acceptors (Lipinski definition) is 4. The van der Waals surface area contributed by atoms with Gasteiger partial charge in [0, 0.05) is 11.9 Å². The number of nitrogens with one attached hydrogen (secondary N) is 1. The van der Waals surface area contributed by atoms with E-state index < -0.39 is 17.4 Å². The van der Waals surface area contributed by atoms with Crippen LogP contribution < -0.4 is 10.9 Å². The summed E-state index contributed by atoms with van der Waals surface area (Å²) < 4.78 is 0.901. The van der Waals surface area contributed by atoms with Crippen LogP contribution >= 0.6 is 0 Å². The molecule has 1 amide bonds. The van der Waals surface area contributed by atoms with Gasteiger partial charge >= 0.3 is 5.97 Å². The third-order valence-electron chi connectivity index (χ3n) is 4.75. The number of carbonyl (C=O) groups excluding carboxylic acids is 1. The highest BCUT2D eigenvalue weighted by molar-refractivity contribution is 6.01. The number of benzene rings is 2. The standard InChI is InChI=1S/C22H23N3O4/c1-14(2)16-9-7-15(8-10-16)11-12-23-19(26)13-25-21(27)18-6-4-3-5-17(18)20(24-25)22(28)29/h3-10,14H,11-13H2,1-2H3,(H,23,26)(H,28,29). The fourth-order valence-electron chi connectivity index (χ4n) is 3.11. The number of aromatic carboxylic acids is 1. The summed E-state index contributed by atoms with van der Waals surface area (Å²) in [5, 5.41) is 16.5. The highest BCUT2D eigenvalue weighted by atomic mass is 16.4. The molecule has 7 nitrogen and oxygen atoms in total. The lowest BCUT2D eigenvalue weighted by Crippen LogP contribution is -2.35. The lowest BCUT2D eigenvalue weighted by Gasteiger charge is -2.10. The van der Waals surface area contributed by atoms with Crippen LogP contribution in [0.2, 0.25) is 0 Å². The number of carboxylic acid groups (broad SMARTS) is 1. The molecule has 29 heavy (non-hydrogen) atoms. The zero-order chi connectivity index (χ0) is 21.0. The molecule has 0 atom stereocenters. The molecule has 2 aromatic carbocycles. The van der Waals surface area contributed by atoms with Crippen LogP contribution in [0, 0.1) is 0 Å². The van der Waals surface area contributed by atoms with Crippen molar-refractivity contribution in [3.63, 3.8) is 0 Å². The van der Waals surface area contributed by atoms with Crippen LogP contribution in [0.25, 0.3) is 10.8 Å². The molecule has 0 aliphatic heterocycles. The summed E-state index contributed by atoms with van der Waals surface area (Å²) in [5.74, 6) is -1.18. The van der Waals surface area contributed by atoms with Crippen molar-refractivity contribution in [3.05, 3.63) is 75.7 Å². The average Bonchev–Trinajstić information content (AvgIpc) is 2.70. The first kappa shape index (κ1) is 20.3. The zero-order valence-corrected chi connectivity index (χ0v) is 16.4. The van der Waals surface area contributed by atoms with Gasteiger partial charge in [-0.2, -0.15) is 5.10 Å². The van der Waals surface area contributed by atoms with Gasteiger partial charge in [-0.1, -0.05) is 56.3 Å². The van der Waals surface area contributed by atoms with Gasteiger partial charge in [0.25, 0.3) is 5.56 Å². The molecule has 0 bridgehead atoms. The minimum Gasteiger partial charge on any atom is -0.476 e. The summed E-state index contributed by atoms with van der Waals surface area (Å²) in [6.45, 7) is 4.34. The fraction of sp³-hybridized carbons (Fsp3) is 0.273. The van der Waals surface area contributed by atoms with Crippen molar-refractivity contribution in [2.45, 2.75) is 32.7 Å². The number of nitrogens with zero attached hydrogens (tertiary/aromatic N) is 2. The van der Waals surface area contributed by atoms with Crippen LogP contribution in [-0.2, 0) is 17.8 Å². The Bertz CT molecular complexity index is 1100. The Kier molecular flexibility index (Phi) is 6.07. The smallest absolute Gasteiger partial charge is 0.357 e. The van der Waals surface area contributed by atoms with E-state index >= 15 is 0 Å². The number of aromatic nitrogens is 2. The number of carbonyl (C=O) groups is 2. The third kappa shape index (κ3) is 4.68. The maximum atomic E-state index is 12.5. The van der Waals surface area contributed by atoms with E-state index in [0.29, 0.717) is 18.9 Å². The molecule has 0 radical (unpaired) electrons. The summed E-state index contributed by atoms with van der Waals surface area (Å²) in [6, 6.07) is 14.6. The number of carboxylic acids is 1. The second-order valence-corrected chi connectivity index (χ2v) is 7.16. The van der Waals surface area contributed by atoms with Gasteiger partial charge in [-0.05, 0) is 29.5 Å². The molecule has 7 heteroatoms. The van der Waals surface area contributed by atoms with E-state index in [2.05, 4.69) is 36.4 Å². The van der Waals surface area contributed by atoms with Crippen LogP contribution in [0.5, 0.6) is 0 Å². The zero-order valence-electron chi connectivity index (χ0n) is 16.4. The summed E-state index contributed by atoms with van der Waals surface area (Å²) in [7, 11) is 0. The average molecular weight is 393 g/mol. The fourth-order valence-corrected chi connectivity index (χ4v) is 3.11. The van der Waals surface area contributed by atoms with Gasteiger partial charge < -0.3 is 10.4 Å². The molecule has 0 saturated carbocycles. The van der Waals surface area contributed by atoms with Crippen LogP contribution in [-0.4, -0.2) is 33.3 Å². The summed E-state index contributed by atoms with van der Waals surface area (Å²) in [4.78, 5) is 36.3. The molecule has 3 rings (SSSR count). The first-order valence-corrected chi connectivity index (χ1v) is 9.45. The van der Waals surface area contributed by atoms with E-state index in [0.717, 1.165) is 10.2 Å². The first-order chi connectivity index (χ1) is 13.9. The maximum Gasteiger partial charge on any atom is 0.357 e. The highest BCUT2D eigenvalue weighted by Crippen LogP contribution is 2.15. The Morgan fingerprint density at radius 1 is 1.07 bits per heavy atom. The molecular weight excluding hydrogens is 370 g/mol. The van der Waals surface area contributed by atoms with E-state index in [4.69, 9.17) is 0 Å². The van der Waals surface area contributed by atoms with Gasteiger partial charge in [-0.25, -0.2) is 9.48 Å². The van der Waals surface area contributed by atoms with Crippen LogP contribution in [0.4, 0.5) is 0 Å². The lowest BCUT2D eigenvalue weighted by molar-refractivity contribution is -0.121. The Hall–Kier alpha value is -3.48. The molecule has 0 spiro atoms. The Labute approximate surface area is 168 Å². The normalized spacial score (nSPS) is 11.0. The van der Waals surface area contributed by atoms with Crippen LogP contribution in [0.15, 0.2) is 53.3 Å². The SMILES string of the molecule is CC(C)c1ccc(CCNC(=O)Cn2nc(C(=O)O)c3ccccc3c2=O)cc1. The Morgan fingerprint density at radius 3 is 2.34 bits per heavy atom. The summed E-state index contributed by atoms with van der Waals surface area (Å²) in [5.41, 5.74) is 1.61. The van der Waals surface area contributed by atoms with Crippen LogP contribution in [0.1, 0.15) is 41.4 Å². The van der Waals surface area contributed by atoms with E-state index in [1.807, 2.05) is 12.1 Å². The van der Waals surface area contributed by atoms with Gasteiger partial charge in [0.15, 0.2) is 5.69 Å².